The number of nitrogens with two attached hydrogens (primary N) is 1. The van der Waals surface area contributed by atoms with Crippen LogP contribution in [0.5, 0.6) is 0 Å². The molecule has 0 spiro atoms. The number of halogens is 1. The second-order valence-corrected chi connectivity index (χ2v) is 6.52. The maximum atomic E-state index is 13.9. The topological polar surface area (TPSA) is 72.2 Å². The van der Waals surface area contributed by atoms with E-state index in [9.17, 15) is 12.8 Å². The van der Waals surface area contributed by atoms with Crippen LogP contribution in [0.25, 0.3) is 0 Å². The zero-order chi connectivity index (χ0) is 15.6. The summed E-state index contributed by atoms with van der Waals surface area (Å²) in [5.41, 5.74) is 8.35. The predicted molar refractivity (Wildman–Crippen MR) is 81.0 cm³/mol. The molecule has 0 aliphatic carbocycles. The van der Waals surface area contributed by atoms with Crippen molar-refractivity contribution in [1.82, 2.24) is 0 Å². The third-order valence-corrected chi connectivity index (χ3v) is 4.70. The molecule has 0 aromatic heterocycles. The van der Waals surface area contributed by atoms with Gasteiger partial charge in [-0.3, -0.25) is 4.72 Å². The Labute approximate surface area is 123 Å². The molecule has 0 unspecified atom stereocenters. The highest BCUT2D eigenvalue weighted by atomic mass is 32.2. The van der Waals surface area contributed by atoms with Crippen LogP contribution in [-0.2, 0) is 16.6 Å². The number of aryl methyl sites for hydroxylation is 2. The number of sulfonamides is 1. The van der Waals surface area contributed by atoms with Gasteiger partial charge in [0.1, 0.15) is 10.7 Å². The maximum Gasteiger partial charge on any atom is 0.264 e. The van der Waals surface area contributed by atoms with Gasteiger partial charge in [0.05, 0.1) is 0 Å². The highest BCUT2D eigenvalue weighted by molar-refractivity contribution is 7.92. The molecule has 0 saturated carbocycles. The van der Waals surface area contributed by atoms with Crippen LogP contribution in [0.4, 0.5) is 10.1 Å². The number of hydrogen-bond donors (Lipinski definition) is 2. The lowest BCUT2D eigenvalue weighted by atomic mass is 10.1. The van der Waals surface area contributed by atoms with Gasteiger partial charge in [0.25, 0.3) is 10.0 Å². The van der Waals surface area contributed by atoms with E-state index < -0.39 is 20.7 Å². The first-order valence-electron chi connectivity index (χ1n) is 6.42. The van der Waals surface area contributed by atoms with Gasteiger partial charge in [0.2, 0.25) is 0 Å². The van der Waals surface area contributed by atoms with E-state index in [0.29, 0.717) is 11.3 Å². The summed E-state index contributed by atoms with van der Waals surface area (Å²) in [5, 5.41) is 0. The summed E-state index contributed by atoms with van der Waals surface area (Å²) in [6, 6.07) is 9.01. The predicted octanol–water partition coefficient (Wildman–Crippen LogP) is 2.70. The number of rotatable bonds is 4. The normalized spacial score (nSPS) is 11.4. The van der Waals surface area contributed by atoms with E-state index in [4.69, 9.17) is 5.73 Å². The number of nitrogens with one attached hydrogen (secondary N) is 1. The molecule has 3 N–H and O–H groups in total. The Kier molecular flexibility index (Phi) is 4.29. The molecule has 0 atom stereocenters. The quantitative estimate of drug-likeness (QED) is 0.912. The molecule has 0 amide bonds. The summed E-state index contributed by atoms with van der Waals surface area (Å²) < 4.78 is 40.8. The van der Waals surface area contributed by atoms with E-state index in [1.807, 2.05) is 13.8 Å². The van der Waals surface area contributed by atoms with Crippen molar-refractivity contribution in [3.05, 3.63) is 58.9 Å². The highest BCUT2D eigenvalue weighted by Gasteiger charge is 2.19. The Morgan fingerprint density at radius 3 is 2.38 bits per heavy atom. The molecular formula is C15H17FN2O2S. The van der Waals surface area contributed by atoms with Crippen LogP contribution in [0.1, 0.15) is 16.7 Å². The van der Waals surface area contributed by atoms with Gasteiger partial charge in [0.15, 0.2) is 0 Å². The largest absolute Gasteiger partial charge is 0.326 e. The molecule has 4 nitrogen and oxygen atoms in total. The minimum absolute atomic E-state index is 0.155. The second kappa shape index (κ2) is 5.83. The first kappa shape index (κ1) is 15.5. The van der Waals surface area contributed by atoms with Crippen molar-refractivity contribution < 1.29 is 12.8 Å². The van der Waals surface area contributed by atoms with Crippen molar-refractivity contribution >= 4 is 15.7 Å². The lowest BCUT2D eigenvalue weighted by Crippen LogP contribution is -2.15. The lowest BCUT2D eigenvalue weighted by molar-refractivity contribution is 0.569. The van der Waals surface area contributed by atoms with E-state index >= 15 is 0 Å². The van der Waals surface area contributed by atoms with Crippen molar-refractivity contribution in [3.8, 4) is 0 Å². The average Bonchev–Trinajstić information content (AvgIpc) is 2.42. The fraction of sp³-hybridized carbons (Fsp3) is 0.200. The third-order valence-electron chi connectivity index (χ3n) is 3.28. The van der Waals surface area contributed by atoms with E-state index in [1.165, 1.54) is 12.1 Å². The molecule has 0 bridgehead atoms. The van der Waals surface area contributed by atoms with Crippen LogP contribution in [0, 0.1) is 19.7 Å². The van der Waals surface area contributed by atoms with Gasteiger partial charge in [-0.1, -0.05) is 12.1 Å². The molecule has 0 fully saturated rings. The monoisotopic (exact) mass is 308 g/mol. The first-order valence-corrected chi connectivity index (χ1v) is 7.90. The molecule has 6 heteroatoms. The summed E-state index contributed by atoms with van der Waals surface area (Å²) in [7, 11) is -3.96. The Morgan fingerprint density at radius 1 is 1.10 bits per heavy atom. The van der Waals surface area contributed by atoms with Crippen molar-refractivity contribution in [3.63, 3.8) is 0 Å². The van der Waals surface area contributed by atoms with E-state index in [1.54, 1.807) is 18.2 Å². The van der Waals surface area contributed by atoms with Gasteiger partial charge >= 0.3 is 0 Å². The van der Waals surface area contributed by atoms with Gasteiger partial charge in [-0.15, -0.1) is 0 Å². The number of hydrogen-bond acceptors (Lipinski definition) is 3. The third kappa shape index (κ3) is 3.40. The molecule has 2 aromatic rings. The molecular weight excluding hydrogens is 291 g/mol. The molecule has 112 valence electrons. The Balaban J connectivity index is 2.36. The van der Waals surface area contributed by atoms with Crippen LogP contribution in [0.15, 0.2) is 41.3 Å². The SMILES string of the molecule is Cc1ccc(NS(=O)(=O)c2ccc(CN)cc2F)cc1C. The summed E-state index contributed by atoms with van der Waals surface area (Å²) in [6.45, 7) is 3.96. The fourth-order valence-electron chi connectivity index (χ4n) is 1.90. The van der Waals surface area contributed by atoms with E-state index in [0.717, 1.165) is 17.2 Å². The van der Waals surface area contributed by atoms with E-state index in [-0.39, 0.29) is 6.54 Å². The smallest absolute Gasteiger partial charge is 0.264 e. The Bertz CT molecular complexity index is 773. The van der Waals surface area contributed by atoms with Crippen LogP contribution in [-0.4, -0.2) is 8.42 Å². The summed E-state index contributed by atoms with van der Waals surface area (Å²) in [4.78, 5) is -0.391. The number of anilines is 1. The van der Waals surface area contributed by atoms with Crippen molar-refractivity contribution in [1.29, 1.82) is 0 Å². The zero-order valence-electron chi connectivity index (χ0n) is 11.9. The molecule has 0 heterocycles. The van der Waals surface area contributed by atoms with Gasteiger partial charge < -0.3 is 5.73 Å². The summed E-state index contributed by atoms with van der Waals surface area (Å²) in [6.07, 6.45) is 0. The van der Waals surface area contributed by atoms with Gasteiger partial charge in [0, 0.05) is 12.2 Å². The lowest BCUT2D eigenvalue weighted by Gasteiger charge is -2.11. The summed E-state index contributed by atoms with van der Waals surface area (Å²) >= 11 is 0. The van der Waals surface area contributed by atoms with Crippen LogP contribution >= 0.6 is 0 Å². The first-order chi connectivity index (χ1) is 9.83. The van der Waals surface area contributed by atoms with Crippen molar-refractivity contribution in [2.24, 2.45) is 5.73 Å². The van der Waals surface area contributed by atoms with Crippen molar-refractivity contribution in [2.75, 3.05) is 4.72 Å². The maximum absolute atomic E-state index is 13.9. The molecule has 2 rings (SSSR count). The minimum atomic E-state index is -3.96. The van der Waals surface area contributed by atoms with Crippen molar-refractivity contribution in [2.45, 2.75) is 25.3 Å². The molecule has 2 aromatic carbocycles. The molecule has 0 saturated heterocycles. The fourth-order valence-corrected chi connectivity index (χ4v) is 3.01. The Morgan fingerprint density at radius 2 is 1.81 bits per heavy atom. The van der Waals surface area contributed by atoms with Crippen LogP contribution in [0.2, 0.25) is 0 Å². The zero-order valence-corrected chi connectivity index (χ0v) is 12.7. The van der Waals surface area contributed by atoms with Gasteiger partial charge in [-0.05, 0) is 54.8 Å². The molecule has 0 radical (unpaired) electrons. The van der Waals surface area contributed by atoms with Gasteiger partial charge in [-0.2, -0.15) is 0 Å². The minimum Gasteiger partial charge on any atom is -0.326 e. The standard InChI is InChI=1S/C15H17FN2O2S/c1-10-3-5-13(7-11(10)2)18-21(19,20)15-6-4-12(9-17)8-14(15)16/h3-8,18H,9,17H2,1-2H3. The molecule has 21 heavy (non-hydrogen) atoms. The van der Waals surface area contributed by atoms with Gasteiger partial charge in [-0.25, -0.2) is 12.8 Å². The molecule has 0 aliphatic heterocycles. The summed E-state index contributed by atoms with van der Waals surface area (Å²) in [5.74, 6) is -0.811. The Hall–Kier alpha value is -1.92. The highest BCUT2D eigenvalue weighted by Crippen LogP contribution is 2.21. The van der Waals surface area contributed by atoms with E-state index in [2.05, 4.69) is 4.72 Å². The van der Waals surface area contributed by atoms with Crippen LogP contribution < -0.4 is 10.5 Å². The number of benzene rings is 2. The molecule has 0 aliphatic rings. The average molecular weight is 308 g/mol. The van der Waals surface area contributed by atoms with Crippen LogP contribution in [0.3, 0.4) is 0 Å². The second-order valence-electron chi connectivity index (χ2n) is 4.87.